The lowest BCUT2D eigenvalue weighted by Gasteiger charge is -2.07. The second-order valence-electron chi connectivity index (χ2n) is 4.09. The molecule has 1 fully saturated rings. The van der Waals surface area contributed by atoms with E-state index < -0.39 is 22.4 Å². The van der Waals surface area contributed by atoms with Gasteiger partial charge < -0.3 is 4.74 Å². The predicted octanol–water partition coefficient (Wildman–Crippen LogP) is 1.68. The minimum absolute atomic E-state index is 0.135. The van der Waals surface area contributed by atoms with Crippen LogP contribution in [0.25, 0.3) is 0 Å². The molecule has 3 nitrogen and oxygen atoms in total. The van der Waals surface area contributed by atoms with Crippen LogP contribution in [0.4, 0.5) is 8.78 Å². The van der Waals surface area contributed by atoms with Crippen molar-refractivity contribution in [3.8, 4) is 0 Å². The van der Waals surface area contributed by atoms with Crippen molar-refractivity contribution in [2.24, 2.45) is 5.92 Å². The van der Waals surface area contributed by atoms with Gasteiger partial charge in [0.2, 0.25) is 0 Å². The van der Waals surface area contributed by atoms with E-state index in [9.17, 15) is 17.8 Å². The maximum atomic E-state index is 13.4. The molecule has 1 heterocycles. The molecule has 0 aliphatic carbocycles. The van der Waals surface area contributed by atoms with Crippen LogP contribution < -0.4 is 0 Å². The molecule has 2 unspecified atom stereocenters. The van der Waals surface area contributed by atoms with Crippen LogP contribution in [0, 0.1) is 17.6 Å². The fraction of sp³-hybridized carbons (Fsp3) is 0.417. The first-order valence-electron chi connectivity index (χ1n) is 5.52. The Kier molecular flexibility index (Phi) is 4.19. The fourth-order valence-electron chi connectivity index (χ4n) is 1.77. The molecule has 1 aromatic carbocycles. The van der Waals surface area contributed by atoms with Crippen molar-refractivity contribution < 1.29 is 22.5 Å². The minimum Gasteiger partial charge on any atom is -0.381 e. The van der Waals surface area contributed by atoms with Gasteiger partial charge in [0.1, 0.15) is 11.6 Å². The van der Waals surface area contributed by atoms with Crippen molar-refractivity contribution in [2.45, 2.75) is 11.3 Å². The zero-order valence-corrected chi connectivity index (χ0v) is 10.3. The van der Waals surface area contributed by atoms with E-state index in [2.05, 4.69) is 0 Å². The maximum absolute atomic E-state index is 13.4. The normalized spacial score (nSPS) is 20.9. The average Bonchev–Trinajstić information content (AvgIpc) is 2.81. The molecule has 98 valence electrons. The molecule has 0 aromatic heterocycles. The van der Waals surface area contributed by atoms with Gasteiger partial charge in [0, 0.05) is 18.6 Å². The third kappa shape index (κ3) is 3.00. The predicted molar refractivity (Wildman–Crippen MR) is 61.6 cm³/mol. The van der Waals surface area contributed by atoms with Crippen molar-refractivity contribution >= 4 is 16.6 Å². The van der Waals surface area contributed by atoms with E-state index in [1.807, 2.05) is 0 Å². The monoisotopic (exact) mass is 274 g/mol. The molecule has 1 aliphatic rings. The third-order valence-electron chi connectivity index (χ3n) is 2.80. The summed E-state index contributed by atoms with van der Waals surface area (Å²) in [5.41, 5.74) is 0. The second-order valence-corrected chi connectivity index (χ2v) is 5.51. The summed E-state index contributed by atoms with van der Waals surface area (Å²) < 4.78 is 42.9. The molecule has 2 rings (SSSR count). The number of rotatable bonds is 4. The van der Waals surface area contributed by atoms with E-state index >= 15 is 0 Å². The Bertz CT molecular complexity index is 484. The summed E-state index contributed by atoms with van der Waals surface area (Å²) in [6.07, 6.45) is 0.613. The molecular weight excluding hydrogens is 262 g/mol. The standard InChI is InChI=1S/C12H12F2O3S/c13-9-1-2-12(10(14)5-9)18(16)7-11(15)8-3-4-17-6-8/h1-2,5,8H,3-4,6-7H2. The lowest BCUT2D eigenvalue weighted by Crippen LogP contribution is -2.21. The quantitative estimate of drug-likeness (QED) is 0.839. The first-order chi connectivity index (χ1) is 8.58. The van der Waals surface area contributed by atoms with E-state index in [4.69, 9.17) is 4.74 Å². The number of ketones is 1. The average molecular weight is 274 g/mol. The van der Waals surface area contributed by atoms with Crippen LogP contribution in [-0.2, 0) is 20.3 Å². The SMILES string of the molecule is O=C(CS(=O)c1ccc(F)cc1F)C1CCOC1. The number of hydrogen-bond acceptors (Lipinski definition) is 3. The summed E-state index contributed by atoms with van der Waals surface area (Å²) in [7, 11) is -1.78. The van der Waals surface area contributed by atoms with E-state index in [0.717, 1.165) is 12.1 Å². The lowest BCUT2D eigenvalue weighted by molar-refractivity contribution is -0.120. The maximum Gasteiger partial charge on any atom is 0.151 e. The molecule has 1 aromatic rings. The topological polar surface area (TPSA) is 43.4 Å². The number of halogens is 2. The van der Waals surface area contributed by atoms with Gasteiger partial charge in [-0.2, -0.15) is 0 Å². The molecule has 0 N–H and O–H groups in total. The van der Waals surface area contributed by atoms with Gasteiger partial charge in [-0.1, -0.05) is 0 Å². The molecule has 0 bridgehead atoms. The highest BCUT2D eigenvalue weighted by Gasteiger charge is 2.25. The number of carbonyl (C=O) groups excluding carboxylic acids is 1. The Hall–Kier alpha value is -1.14. The molecule has 0 radical (unpaired) electrons. The van der Waals surface area contributed by atoms with Gasteiger partial charge in [0.15, 0.2) is 5.78 Å². The summed E-state index contributed by atoms with van der Waals surface area (Å²) >= 11 is 0. The molecule has 1 saturated heterocycles. The minimum atomic E-state index is -1.78. The molecule has 0 saturated carbocycles. The van der Waals surface area contributed by atoms with Crippen molar-refractivity contribution in [1.29, 1.82) is 0 Å². The summed E-state index contributed by atoms with van der Waals surface area (Å²) in [5, 5.41) is 0. The molecule has 0 spiro atoms. The second kappa shape index (κ2) is 5.67. The van der Waals surface area contributed by atoms with Crippen molar-refractivity contribution in [2.75, 3.05) is 19.0 Å². The summed E-state index contributed by atoms with van der Waals surface area (Å²) in [6, 6.07) is 2.80. The van der Waals surface area contributed by atoms with Crippen LogP contribution in [0.1, 0.15) is 6.42 Å². The number of Topliss-reactive ketones (excluding diaryl/α,β-unsaturated/α-hetero) is 1. The van der Waals surface area contributed by atoms with Crippen molar-refractivity contribution in [3.05, 3.63) is 29.8 Å². The summed E-state index contributed by atoms with van der Waals surface area (Å²) in [4.78, 5) is 11.6. The Morgan fingerprint density at radius 3 is 2.83 bits per heavy atom. The zero-order valence-electron chi connectivity index (χ0n) is 9.53. The Labute approximate surface area is 106 Å². The number of benzene rings is 1. The smallest absolute Gasteiger partial charge is 0.151 e. The molecule has 6 heteroatoms. The number of hydrogen-bond donors (Lipinski definition) is 0. The van der Waals surface area contributed by atoms with E-state index in [-0.39, 0.29) is 22.3 Å². The number of carbonyl (C=O) groups is 1. The fourth-order valence-corrected chi connectivity index (χ4v) is 2.92. The van der Waals surface area contributed by atoms with Crippen LogP contribution in [0.2, 0.25) is 0 Å². The molecule has 2 atom stereocenters. The van der Waals surface area contributed by atoms with Gasteiger partial charge in [0.25, 0.3) is 0 Å². The van der Waals surface area contributed by atoms with Gasteiger partial charge in [-0.05, 0) is 18.6 Å². The number of ether oxygens (including phenoxy) is 1. The van der Waals surface area contributed by atoms with Crippen LogP contribution in [0.15, 0.2) is 23.1 Å². The first kappa shape index (κ1) is 13.3. The van der Waals surface area contributed by atoms with Gasteiger partial charge in [-0.15, -0.1) is 0 Å². The van der Waals surface area contributed by atoms with Crippen molar-refractivity contribution in [3.63, 3.8) is 0 Å². The first-order valence-corrected chi connectivity index (χ1v) is 6.83. The zero-order chi connectivity index (χ0) is 13.1. The summed E-state index contributed by atoms with van der Waals surface area (Å²) in [6.45, 7) is 0.857. The van der Waals surface area contributed by atoms with Gasteiger partial charge >= 0.3 is 0 Å². The third-order valence-corrected chi connectivity index (χ3v) is 4.17. The van der Waals surface area contributed by atoms with E-state index in [1.165, 1.54) is 0 Å². The van der Waals surface area contributed by atoms with Crippen LogP contribution >= 0.6 is 0 Å². The van der Waals surface area contributed by atoms with E-state index in [1.54, 1.807) is 0 Å². The highest BCUT2D eigenvalue weighted by atomic mass is 32.2. The Morgan fingerprint density at radius 2 is 2.22 bits per heavy atom. The van der Waals surface area contributed by atoms with E-state index in [0.29, 0.717) is 25.7 Å². The Balaban J connectivity index is 2.05. The largest absolute Gasteiger partial charge is 0.381 e. The van der Waals surface area contributed by atoms with Gasteiger partial charge in [-0.25, -0.2) is 8.78 Å². The van der Waals surface area contributed by atoms with Gasteiger partial charge in [-0.3, -0.25) is 9.00 Å². The Morgan fingerprint density at radius 1 is 1.44 bits per heavy atom. The van der Waals surface area contributed by atoms with Crippen LogP contribution in [0.3, 0.4) is 0 Å². The highest BCUT2D eigenvalue weighted by molar-refractivity contribution is 7.85. The highest BCUT2D eigenvalue weighted by Crippen LogP contribution is 2.18. The molecule has 1 aliphatic heterocycles. The van der Waals surface area contributed by atoms with Crippen molar-refractivity contribution in [1.82, 2.24) is 0 Å². The molecule has 0 amide bonds. The van der Waals surface area contributed by atoms with Crippen LogP contribution in [-0.4, -0.2) is 29.0 Å². The van der Waals surface area contributed by atoms with Gasteiger partial charge in [0.05, 0.1) is 28.1 Å². The summed E-state index contributed by atoms with van der Waals surface area (Å²) in [5.74, 6) is -2.32. The molecule has 18 heavy (non-hydrogen) atoms. The molecular formula is C12H12F2O3S. The lowest BCUT2D eigenvalue weighted by atomic mass is 10.1. The van der Waals surface area contributed by atoms with Crippen LogP contribution in [0.5, 0.6) is 0 Å².